The second-order valence-corrected chi connectivity index (χ2v) is 5.48. The molecule has 2 amide bonds. The van der Waals surface area contributed by atoms with Crippen LogP contribution in [0.2, 0.25) is 0 Å². The lowest BCUT2D eigenvalue weighted by Gasteiger charge is -2.27. The number of ether oxygens (including phenoxy) is 1. The predicted octanol–water partition coefficient (Wildman–Crippen LogP) is 3.14. The van der Waals surface area contributed by atoms with E-state index in [1.807, 2.05) is 19.1 Å². The number of carbonyl (C=O) groups excluding carboxylic acids is 2. The van der Waals surface area contributed by atoms with Gasteiger partial charge >= 0.3 is 0 Å². The molecule has 23 heavy (non-hydrogen) atoms. The Hall–Kier alpha value is -2.40. The van der Waals surface area contributed by atoms with Gasteiger partial charge in [-0.15, -0.1) is 0 Å². The zero-order valence-corrected chi connectivity index (χ0v) is 13.4. The molecule has 0 radical (unpaired) electrons. The molecule has 0 saturated heterocycles. The van der Waals surface area contributed by atoms with Crippen LogP contribution in [-0.4, -0.2) is 30.0 Å². The van der Waals surface area contributed by atoms with Crippen molar-refractivity contribution in [2.75, 3.05) is 13.2 Å². The predicted molar refractivity (Wildman–Crippen MR) is 88.5 cm³/mol. The summed E-state index contributed by atoms with van der Waals surface area (Å²) >= 11 is 0. The van der Waals surface area contributed by atoms with Gasteiger partial charge in [0.15, 0.2) is 0 Å². The lowest BCUT2D eigenvalue weighted by molar-refractivity contribution is 0.0520. The van der Waals surface area contributed by atoms with Gasteiger partial charge in [-0.25, -0.2) is 10.4 Å². The number of hydrogen-bond donors (Lipinski definition) is 1. The lowest BCUT2D eigenvalue weighted by Crippen LogP contribution is -2.49. The maximum absolute atomic E-state index is 12.7. The van der Waals surface area contributed by atoms with Crippen LogP contribution in [0.15, 0.2) is 30.3 Å². The monoisotopic (exact) mass is 312 g/mol. The summed E-state index contributed by atoms with van der Waals surface area (Å²) in [6, 6.07) is 8.99. The summed E-state index contributed by atoms with van der Waals surface area (Å²) in [4.78, 5) is 25.4. The Morgan fingerprint density at radius 2 is 1.78 bits per heavy atom. The van der Waals surface area contributed by atoms with Crippen LogP contribution in [0.25, 0.3) is 10.8 Å². The molecule has 0 aliphatic carbocycles. The first-order valence-corrected chi connectivity index (χ1v) is 7.99. The minimum atomic E-state index is -0.308. The summed E-state index contributed by atoms with van der Waals surface area (Å²) in [5.41, 5.74) is 4.01. The highest BCUT2D eigenvalue weighted by molar-refractivity contribution is 6.25. The van der Waals surface area contributed by atoms with Crippen molar-refractivity contribution in [3.63, 3.8) is 0 Å². The highest BCUT2D eigenvalue weighted by atomic mass is 16.5. The highest BCUT2D eigenvalue weighted by Gasteiger charge is 2.33. The molecule has 0 fully saturated rings. The van der Waals surface area contributed by atoms with Gasteiger partial charge in [-0.2, -0.15) is 0 Å². The van der Waals surface area contributed by atoms with Crippen molar-refractivity contribution in [2.24, 2.45) is 0 Å². The summed E-state index contributed by atoms with van der Waals surface area (Å²) in [5, 5.41) is 2.62. The minimum Gasteiger partial charge on any atom is -0.493 e. The number of nitrogens with zero attached hydrogens (tertiary/aromatic N) is 1. The van der Waals surface area contributed by atoms with E-state index in [2.05, 4.69) is 12.3 Å². The first kappa shape index (κ1) is 15.5. The zero-order valence-electron chi connectivity index (χ0n) is 13.4. The molecule has 2 aromatic carbocycles. The Labute approximate surface area is 135 Å². The van der Waals surface area contributed by atoms with Gasteiger partial charge in [0.2, 0.25) is 0 Å². The maximum atomic E-state index is 12.7. The quantitative estimate of drug-likeness (QED) is 0.657. The second-order valence-electron chi connectivity index (χ2n) is 5.48. The van der Waals surface area contributed by atoms with Crippen molar-refractivity contribution in [2.45, 2.75) is 26.7 Å². The Balaban J connectivity index is 2.09. The van der Waals surface area contributed by atoms with Crippen molar-refractivity contribution in [3.05, 3.63) is 41.5 Å². The van der Waals surface area contributed by atoms with Gasteiger partial charge in [0.05, 0.1) is 17.7 Å². The van der Waals surface area contributed by atoms with Crippen molar-refractivity contribution in [1.82, 2.24) is 10.4 Å². The van der Waals surface area contributed by atoms with Crippen LogP contribution in [0.3, 0.4) is 0 Å². The number of hydrogen-bond acceptors (Lipinski definition) is 4. The molecule has 0 saturated carbocycles. The molecule has 5 nitrogen and oxygen atoms in total. The molecular formula is C18H20N2O3. The van der Waals surface area contributed by atoms with Crippen LogP contribution < -0.4 is 10.2 Å². The standard InChI is InChI=1S/C18H20N2O3/c1-3-5-11-19-20-17(21)13-8-6-7-12-15(23-4-2)10-9-14(16(12)13)18(20)22/h6-10,19H,3-5,11H2,1-2H3. The number of hydrazine groups is 1. The number of nitrogens with one attached hydrogen (secondary N) is 1. The molecule has 0 spiro atoms. The first-order chi connectivity index (χ1) is 11.2. The fraction of sp³-hybridized carbons (Fsp3) is 0.333. The number of carbonyl (C=O) groups is 2. The molecule has 2 aromatic rings. The summed E-state index contributed by atoms with van der Waals surface area (Å²) in [7, 11) is 0. The van der Waals surface area contributed by atoms with Crippen LogP contribution in [0.4, 0.5) is 0 Å². The van der Waals surface area contributed by atoms with Gasteiger partial charge in [-0.05, 0) is 31.5 Å². The van der Waals surface area contributed by atoms with Gasteiger partial charge in [0.25, 0.3) is 11.8 Å². The van der Waals surface area contributed by atoms with E-state index in [9.17, 15) is 9.59 Å². The SMILES string of the molecule is CCCCNN1C(=O)c2cccc3c(OCC)ccc(c23)C1=O. The fourth-order valence-electron chi connectivity index (χ4n) is 2.86. The number of benzene rings is 2. The average molecular weight is 312 g/mol. The summed E-state index contributed by atoms with van der Waals surface area (Å²) < 4.78 is 5.62. The molecule has 0 aromatic heterocycles. The Morgan fingerprint density at radius 3 is 2.48 bits per heavy atom. The average Bonchev–Trinajstić information content (AvgIpc) is 2.57. The summed E-state index contributed by atoms with van der Waals surface area (Å²) in [6.45, 7) is 5.10. The molecule has 1 heterocycles. The third kappa shape index (κ3) is 2.57. The molecule has 120 valence electrons. The van der Waals surface area contributed by atoms with Crippen LogP contribution in [0.1, 0.15) is 47.4 Å². The third-order valence-corrected chi connectivity index (χ3v) is 3.97. The van der Waals surface area contributed by atoms with Crippen LogP contribution in [-0.2, 0) is 0 Å². The second kappa shape index (κ2) is 6.38. The summed E-state index contributed by atoms with van der Waals surface area (Å²) in [6.07, 6.45) is 1.89. The Bertz CT molecular complexity index is 748. The van der Waals surface area contributed by atoms with Crippen LogP contribution >= 0.6 is 0 Å². The van der Waals surface area contributed by atoms with Gasteiger partial charge in [-0.3, -0.25) is 9.59 Å². The molecule has 1 aliphatic rings. The molecule has 0 unspecified atom stereocenters. The molecule has 0 bridgehead atoms. The first-order valence-electron chi connectivity index (χ1n) is 7.99. The van der Waals surface area contributed by atoms with E-state index in [0.29, 0.717) is 35.4 Å². The minimum absolute atomic E-state index is 0.308. The van der Waals surface area contributed by atoms with Crippen molar-refractivity contribution in [1.29, 1.82) is 0 Å². The van der Waals surface area contributed by atoms with Crippen LogP contribution in [0, 0.1) is 0 Å². The Morgan fingerprint density at radius 1 is 1.04 bits per heavy atom. The van der Waals surface area contributed by atoms with Crippen molar-refractivity contribution < 1.29 is 14.3 Å². The smallest absolute Gasteiger partial charge is 0.275 e. The topological polar surface area (TPSA) is 58.6 Å². The molecule has 5 heteroatoms. The van der Waals surface area contributed by atoms with Crippen molar-refractivity contribution in [3.8, 4) is 5.75 Å². The van der Waals surface area contributed by atoms with E-state index in [1.54, 1.807) is 18.2 Å². The van der Waals surface area contributed by atoms with E-state index in [-0.39, 0.29) is 11.8 Å². The van der Waals surface area contributed by atoms with E-state index in [4.69, 9.17) is 4.74 Å². The largest absolute Gasteiger partial charge is 0.493 e. The Kier molecular flexibility index (Phi) is 4.30. The normalized spacial score (nSPS) is 13.7. The van der Waals surface area contributed by atoms with E-state index in [1.165, 1.54) is 0 Å². The van der Waals surface area contributed by atoms with Gasteiger partial charge in [-0.1, -0.05) is 25.5 Å². The van der Waals surface area contributed by atoms with E-state index < -0.39 is 0 Å². The maximum Gasteiger partial charge on any atom is 0.275 e. The molecular weight excluding hydrogens is 292 g/mol. The number of rotatable bonds is 6. The number of imide groups is 1. The third-order valence-electron chi connectivity index (χ3n) is 3.97. The summed E-state index contributed by atoms with van der Waals surface area (Å²) in [5.74, 6) is 0.0804. The van der Waals surface area contributed by atoms with Gasteiger partial charge < -0.3 is 4.74 Å². The number of amides is 2. The molecule has 1 aliphatic heterocycles. The lowest BCUT2D eigenvalue weighted by atomic mass is 9.94. The zero-order chi connectivity index (χ0) is 16.4. The van der Waals surface area contributed by atoms with Crippen molar-refractivity contribution >= 4 is 22.6 Å². The number of unbranched alkanes of at least 4 members (excludes halogenated alkanes) is 1. The fourth-order valence-corrected chi connectivity index (χ4v) is 2.86. The van der Waals surface area contributed by atoms with E-state index in [0.717, 1.165) is 23.2 Å². The highest BCUT2D eigenvalue weighted by Crippen LogP contribution is 2.35. The van der Waals surface area contributed by atoms with E-state index >= 15 is 0 Å². The van der Waals surface area contributed by atoms with Gasteiger partial charge in [0.1, 0.15) is 5.75 Å². The molecule has 1 N–H and O–H groups in total. The molecule has 0 atom stereocenters. The van der Waals surface area contributed by atoms with Gasteiger partial charge in [0, 0.05) is 17.3 Å². The van der Waals surface area contributed by atoms with Crippen LogP contribution in [0.5, 0.6) is 5.75 Å². The molecule has 3 rings (SSSR count).